The van der Waals surface area contributed by atoms with Gasteiger partial charge in [-0.15, -0.1) is 5.92 Å². The maximum Gasteiger partial charge on any atom is 0.330 e. The summed E-state index contributed by atoms with van der Waals surface area (Å²) in [5.74, 6) is 3.32. The molecule has 1 saturated heterocycles. The van der Waals surface area contributed by atoms with Crippen molar-refractivity contribution in [2.45, 2.75) is 20.3 Å². The van der Waals surface area contributed by atoms with Crippen LogP contribution in [-0.2, 0) is 9.59 Å². The Bertz CT molecular complexity index is 392. The third-order valence-electron chi connectivity index (χ3n) is 2.42. The van der Waals surface area contributed by atoms with Crippen molar-refractivity contribution < 1.29 is 14.4 Å². The Morgan fingerprint density at radius 3 is 2.62 bits per heavy atom. The summed E-state index contributed by atoms with van der Waals surface area (Å²) in [6.45, 7) is 3.59. The van der Waals surface area contributed by atoms with E-state index in [-0.39, 0.29) is 5.92 Å². The number of imide groups is 2. The Morgan fingerprint density at radius 1 is 1.44 bits per heavy atom. The number of urea groups is 1. The molecule has 0 aromatic carbocycles. The average Bonchev–Trinajstić information content (AvgIpc) is 2.23. The molecule has 2 unspecified atom stereocenters. The quantitative estimate of drug-likeness (QED) is 0.514. The van der Waals surface area contributed by atoms with Gasteiger partial charge in [0.05, 0.1) is 0 Å². The van der Waals surface area contributed by atoms with Gasteiger partial charge < -0.3 is 0 Å². The monoisotopic (exact) mass is 222 g/mol. The Labute approximate surface area is 94.2 Å². The highest BCUT2D eigenvalue weighted by molar-refractivity contribution is 6.16. The lowest BCUT2D eigenvalue weighted by Crippen LogP contribution is -2.57. The minimum Gasteiger partial charge on any atom is -0.277 e. The molecule has 86 valence electrons. The van der Waals surface area contributed by atoms with E-state index in [0.29, 0.717) is 6.42 Å². The summed E-state index contributed by atoms with van der Waals surface area (Å²) < 4.78 is 0. The van der Waals surface area contributed by atoms with Crippen molar-refractivity contribution in [1.29, 1.82) is 0 Å². The largest absolute Gasteiger partial charge is 0.330 e. The molecular weight excluding hydrogens is 208 g/mol. The second-order valence-electron chi connectivity index (χ2n) is 3.63. The third kappa shape index (κ3) is 2.22. The molecule has 16 heavy (non-hydrogen) atoms. The highest BCUT2D eigenvalue weighted by Crippen LogP contribution is 2.17. The first-order valence-electron chi connectivity index (χ1n) is 5.09. The van der Waals surface area contributed by atoms with Gasteiger partial charge in [0, 0.05) is 19.4 Å². The van der Waals surface area contributed by atoms with Gasteiger partial charge in [-0.05, 0) is 0 Å². The van der Waals surface area contributed by atoms with Gasteiger partial charge in [0.1, 0.15) is 5.92 Å². The van der Waals surface area contributed by atoms with E-state index >= 15 is 0 Å². The molecule has 0 aliphatic carbocycles. The molecule has 1 N–H and O–H groups in total. The van der Waals surface area contributed by atoms with E-state index in [0.717, 1.165) is 4.90 Å². The Hall–Kier alpha value is -1.83. The van der Waals surface area contributed by atoms with Crippen LogP contribution < -0.4 is 5.32 Å². The SMILES string of the molecule is CCC#CC(C)C1C(=O)NC(=O)N(C)C1=O. The van der Waals surface area contributed by atoms with Gasteiger partial charge in [0.25, 0.3) is 0 Å². The lowest BCUT2D eigenvalue weighted by atomic mass is 9.91. The van der Waals surface area contributed by atoms with E-state index in [2.05, 4.69) is 17.2 Å². The van der Waals surface area contributed by atoms with Crippen LogP contribution in [-0.4, -0.2) is 29.8 Å². The van der Waals surface area contributed by atoms with Crippen LogP contribution in [0.1, 0.15) is 20.3 Å². The van der Waals surface area contributed by atoms with Crippen LogP contribution in [0.25, 0.3) is 0 Å². The first kappa shape index (κ1) is 12.2. The van der Waals surface area contributed by atoms with Crippen molar-refractivity contribution in [3.8, 4) is 11.8 Å². The zero-order chi connectivity index (χ0) is 12.3. The van der Waals surface area contributed by atoms with Gasteiger partial charge in [0.15, 0.2) is 0 Å². The zero-order valence-corrected chi connectivity index (χ0v) is 9.53. The Morgan fingerprint density at radius 2 is 2.06 bits per heavy atom. The maximum atomic E-state index is 11.7. The summed E-state index contributed by atoms with van der Waals surface area (Å²) in [6.07, 6.45) is 0.668. The van der Waals surface area contributed by atoms with Gasteiger partial charge in [-0.3, -0.25) is 19.8 Å². The normalized spacial score (nSPS) is 22.3. The number of carbonyl (C=O) groups excluding carboxylic acids is 3. The van der Waals surface area contributed by atoms with Gasteiger partial charge >= 0.3 is 6.03 Å². The number of nitrogens with one attached hydrogen (secondary N) is 1. The number of carbonyl (C=O) groups is 3. The Balaban J connectivity index is 2.90. The molecule has 4 amide bonds. The minimum absolute atomic E-state index is 0.386. The molecule has 0 radical (unpaired) electrons. The standard InChI is InChI=1S/C11H14N2O3/c1-4-5-6-7(2)8-9(14)12-11(16)13(3)10(8)15/h7-8H,4H2,1-3H3,(H,12,14,16). The molecule has 1 heterocycles. The lowest BCUT2D eigenvalue weighted by molar-refractivity contribution is -0.142. The van der Waals surface area contributed by atoms with Crippen molar-refractivity contribution >= 4 is 17.8 Å². The van der Waals surface area contributed by atoms with E-state index in [1.54, 1.807) is 6.92 Å². The van der Waals surface area contributed by atoms with Crippen LogP contribution in [0.5, 0.6) is 0 Å². The molecule has 1 fully saturated rings. The molecular formula is C11H14N2O3. The summed E-state index contributed by atoms with van der Waals surface area (Å²) in [7, 11) is 1.34. The van der Waals surface area contributed by atoms with Gasteiger partial charge in [-0.1, -0.05) is 19.8 Å². The average molecular weight is 222 g/mol. The molecule has 0 saturated carbocycles. The minimum atomic E-state index is -0.887. The lowest BCUT2D eigenvalue weighted by Gasteiger charge is -2.28. The molecule has 0 aromatic heterocycles. The summed E-state index contributed by atoms with van der Waals surface area (Å²) in [5.41, 5.74) is 0. The maximum absolute atomic E-state index is 11.7. The predicted octanol–water partition coefficient (Wildman–Crippen LogP) is 0.360. The topological polar surface area (TPSA) is 66.5 Å². The number of amides is 4. The van der Waals surface area contributed by atoms with E-state index in [9.17, 15) is 14.4 Å². The fraction of sp³-hybridized carbons (Fsp3) is 0.545. The van der Waals surface area contributed by atoms with Gasteiger partial charge in [-0.2, -0.15) is 0 Å². The van der Waals surface area contributed by atoms with Crippen LogP contribution in [0, 0.1) is 23.7 Å². The van der Waals surface area contributed by atoms with Crippen LogP contribution in [0.4, 0.5) is 4.79 Å². The number of hydrogen-bond donors (Lipinski definition) is 1. The molecule has 1 aliphatic rings. The van der Waals surface area contributed by atoms with E-state index in [1.165, 1.54) is 7.05 Å². The highest BCUT2D eigenvalue weighted by Gasteiger charge is 2.41. The molecule has 5 nitrogen and oxygen atoms in total. The highest BCUT2D eigenvalue weighted by atomic mass is 16.2. The van der Waals surface area contributed by atoms with Crippen LogP contribution in [0.3, 0.4) is 0 Å². The van der Waals surface area contributed by atoms with Crippen molar-refractivity contribution in [2.24, 2.45) is 11.8 Å². The summed E-state index contributed by atoms with van der Waals surface area (Å²) >= 11 is 0. The van der Waals surface area contributed by atoms with Crippen LogP contribution in [0.2, 0.25) is 0 Å². The fourth-order valence-corrected chi connectivity index (χ4v) is 1.48. The molecule has 0 aromatic rings. The van der Waals surface area contributed by atoms with E-state index in [1.807, 2.05) is 6.92 Å². The number of nitrogens with zero attached hydrogens (tertiary/aromatic N) is 1. The van der Waals surface area contributed by atoms with Crippen molar-refractivity contribution in [1.82, 2.24) is 10.2 Å². The second-order valence-corrected chi connectivity index (χ2v) is 3.63. The number of rotatable bonds is 1. The van der Waals surface area contributed by atoms with Crippen LogP contribution in [0.15, 0.2) is 0 Å². The number of barbiturate groups is 1. The van der Waals surface area contributed by atoms with E-state index in [4.69, 9.17) is 0 Å². The van der Waals surface area contributed by atoms with Gasteiger partial charge in [0.2, 0.25) is 11.8 Å². The molecule has 0 spiro atoms. The smallest absolute Gasteiger partial charge is 0.277 e. The molecule has 0 bridgehead atoms. The molecule has 1 rings (SSSR count). The summed E-state index contributed by atoms with van der Waals surface area (Å²) in [6, 6.07) is -0.679. The fourth-order valence-electron chi connectivity index (χ4n) is 1.48. The first-order valence-corrected chi connectivity index (χ1v) is 5.09. The summed E-state index contributed by atoms with van der Waals surface area (Å²) in [5, 5.41) is 2.13. The zero-order valence-electron chi connectivity index (χ0n) is 9.53. The molecule has 5 heteroatoms. The first-order chi connectivity index (χ1) is 7.49. The number of hydrogen-bond acceptors (Lipinski definition) is 3. The third-order valence-corrected chi connectivity index (χ3v) is 2.42. The predicted molar refractivity (Wildman–Crippen MR) is 57.0 cm³/mol. The molecule has 1 aliphatic heterocycles. The van der Waals surface area contributed by atoms with Crippen LogP contribution >= 0.6 is 0 Å². The van der Waals surface area contributed by atoms with Gasteiger partial charge in [-0.25, -0.2) is 4.79 Å². The van der Waals surface area contributed by atoms with E-state index < -0.39 is 23.8 Å². The Kier molecular flexibility index (Phi) is 3.67. The van der Waals surface area contributed by atoms with Crippen molar-refractivity contribution in [3.63, 3.8) is 0 Å². The second kappa shape index (κ2) is 4.79. The molecule has 2 atom stereocenters. The summed E-state index contributed by atoms with van der Waals surface area (Å²) in [4.78, 5) is 35.3. The van der Waals surface area contributed by atoms with Crippen molar-refractivity contribution in [2.75, 3.05) is 7.05 Å². The van der Waals surface area contributed by atoms with Crippen molar-refractivity contribution in [3.05, 3.63) is 0 Å².